The van der Waals surface area contributed by atoms with Crippen molar-refractivity contribution in [2.75, 3.05) is 24.5 Å². The fourth-order valence-electron chi connectivity index (χ4n) is 3.43. The van der Waals surface area contributed by atoms with Crippen LogP contribution in [-0.4, -0.2) is 35.5 Å². The maximum absolute atomic E-state index is 12.5. The third-order valence-corrected chi connectivity index (χ3v) is 5.27. The van der Waals surface area contributed by atoms with Gasteiger partial charge in [0.1, 0.15) is 5.82 Å². The highest BCUT2D eigenvalue weighted by atomic mass is 16.1. The van der Waals surface area contributed by atoms with Crippen LogP contribution >= 0.6 is 0 Å². The van der Waals surface area contributed by atoms with E-state index in [1.54, 1.807) is 18.6 Å². The van der Waals surface area contributed by atoms with Crippen LogP contribution in [0.2, 0.25) is 0 Å². The van der Waals surface area contributed by atoms with Gasteiger partial charge in [-0.2, -0.15) is 0 Å². The Labute approximate surface area is 161 Å². The monoisotopic (exact) mass is 367 g/mol. The number of carbonyl (C=O) groups excluding carboxylic acids is 1. The van der Waals surface area contributed by atoms with Gasteiger partial charge in [0.25, 0.3) is 0 Å². The number of piperidine rings is 1. The number of amides is 1. The Bertz CT molecular complexity index is 724. The first-order chi connectivity index (χ1) is 13.0. The molecule has 3 N–H and O–H groups in total. The van der Waals surface area contributed by atoms with E-state index >= 15 is 0 Å². The molecule has 2 heterocycles. The summed E-state index contributed by atoms with van der Waals surface area (Å²) in [5.74, 6) is 1.52. The van der Waals surface area contributed by atoms with Gasteiger partial charge >= 0.3 is 0 Å². The predicted octanol–water partition coefficient (Wildman–Crippen LogP) is 2.63. The van der Waals surface area contributed by atoms with Crippen molar-refractivity contribution in [2.45, 2.75) is 38.6 Å². The second-order valence-electron chi connectivity index (χ2n) is 7.50. The van der Waals surface area contributed by atoms with Crippen LogP contribution in [0, 0.1) is 5.92 Å². The van der Waals surface area contributed by atoms with Gasteiger partial charge in [0.05, 0.1) is 6.20 Å². The lowest BCUT2D eigenvalue weighted by molar-refractivity contribution is -0.125. The maximum atomic E-state index is 12.5. The smallest absolute Gasteiger partial charge is 0.223 e. The summed E-state index contributed by atoms with van der Waals surface area (Å²) in [7, 11) is 0. The Hall–Kier alpha value is -2.47. The van der Waals surface area contributed by atoms with E-state index in [4.69, 9.17) is 5.73 Å². The van der Waals surface area contributed by atoms with Crippen LogP contribution in [0.1, 0.15) is 49.8 Å². The molecular weight excluding hydrogens is 338 g/mol. The van der Waals surface area contributed by atoms with Gasteiger partial charge in [0, 0.05) is 44.0 Å². The molecule has 1 amide bonds. The molecule has 6 nitrogen and oxygen atoms in total. The first kappa shape index (κ1) is 19.3. The van der Waals surface area contributed by atoms with Crippen molar-refractivity contribution in [1.82, 2.24) is 15.3 Å². The molecular formula is C21H29N5O. The van der Waals surface area contributed by atoms with E-state index in [1.807, 2.05) is 0 Å². The maximum Gasteiger partial charge on any atom is 0.223 e. The number of nitrogens with one attached hydrogen (secondary N) is 1. The third-order valence-electron chi connectivity index (χ3n) is 5.27. The van der Waals surface area contributed by atoms with Crippen LogP contribution in [0.15, 0.2) is 42.9 Å². The lowest BCUT2D eigenvalue weighted by atomic mass is 9.95. The van der Waals surface area contributed by atoms with Crippen LogP contribution in [-0.2, 0) is 4.79 Å². The van der Waals surface area contributed by atoms with Crippen molar-refractivity contribution in [3.8, 4) is 0 Å². The van der Waals surface area contributed by atoms with E-state index < -0.39 is 0 Å². The Morgan fingerprint density at radius 3 is 2.44 bits per heavy atom. The topological polar surface area (TPSA) is 84.1 Å². The molecule has 1 aliphatic heterocycles. The lowest BCUT2D eigenvalue weighted by Gasteiger charge is -2.32. The number of nitrogens with zero attached hydrogens (tertiary/aromatic N) is 3. The molecule has 1 fully saturated rings. The highest BCUT2D eigenvalue weighted by molar-refractivity contribution is 5.79. The molecule has 0 saturated carbocycles. The third kappa shape index (κ3) is 5.04. The largest absolute Gasteiger partial charge is 0.355 e. The SMILES string of the molecule is CC(C)c1ccc(C(N)CNC(=O)C2CCN(c3cnccn3)CC2)cc1. The number of anilines is 1. The summed E-state index contributed by atoms with van der Waals surface area (Å²) in [5.41, 5.74) is 8.61. The molecule has 0 bridgehead atoms. The normalized spacial score (nSPS) is 16.4. The zero-order valence-corrected chi connectivity index (χ0v) is 16.1. The number of rotatable bonds is 6. The highest BCUT2D eigenvalue weighted by Gasteiger charge is 2.25. The molecule has 6 heteroatoms. The van der Waals surface area contributed by atoms with Crippen LogP contribution in [0.5, 0.6) is 0 Å². The quantitative estimate of drug-likeness (QED) is 0.820. The number of benzene rings is 1. The number of aromatic nitrogens is 2. The van der Waals surface area contributed by atoms with E-state index in [-0.39, 0.29) is 17.9 Å². The minimum absolute atomic E-state index is 0.0356. The molecule has 1 aliphatic rings. The van der Waals surface area contributed by atoms with Gasteiger partial charge in [-0.3, -0.25) is 9.78 Å². The molecule has 144 valence electrons. The zero-order chi connectivity index (χ0) is 19.2. The lowest BCUT2D eigenvalue weighted by Crippen LogP contribution is -2.42. The van der Waals surface area contributed by atoms with Crippen molar-refractivity contribution in [3.05, 3.63) is 54.0 Å². The predicted molar refractivity (Wildman–Crippen MR) is 107 cm³/mol. The standard InChI is InChI=1S/C21H29N5O/c1-15(2)16-3-5-17(6-4-16)19(22)13-25-21(27)18-7-11-26(12-8-18)20-14-23-9-10-24-20/h3-6,9-10,14-15,18-19H,7-8,11-13,22H2,1-2H3,(H,25,27). The fraction of sp³-hybridized carbons (Fsp3) is 0.476. The average molecular weight is 367 g/mol. The fourth-order valence-corrected chi connectivity index (χ4v) is 3.43. The van der Waals surface area contributed by atoms with Crippen LogP contribution < -0.4 is 16.0 Å². The van der Waals surface area contributed by atoms with Crippen molar-refractivity contribution in [2.24, 2.45) is 11.7 Å². The first-order valence-electron chi connectivity index (χ1n) is 9.68. The minimum Gasteiger partial charge on any atom is -0.355 e. The van der Waals surface area contributed by atoms with E-state index in [9.17, 15) is 4.79 Å². The summed E-state index contributed by atoms with van der Waals surface area (Å²) in [6.45, 7) is 6.44. The van der Waals surface area contributed by atoms with Gasteiger partial charge in [-0.05, 0) is 29.9 Å². The second kappa shape index (κ2) is 8.95. The number of hydrogen-bond donors (Lipinski definition) is 2. The number of hydrogen-bond acceptors (Lipinski definition) is 5. The molecule has 2 aromatic rings. The number of carbonyl (C=O) groups is 1. The minimum atomic E-state index is -0.185. The molecule has 3 rings (SSSR count). The van der Waals surface area contributed by atoms with Gasteiger partial charge in [0.2, 0.25) is 5.91 Å². The Balaban J connectivity index is 1.45. The molecule has 0 radical (unpaired) electrons. The Morgan fingerprint density at radius 2 is 1.85 bits per heavy atom. The molecule has 1 saturated heterocycles. The molecule has 1 unspecified atom stereocenters. The summed E-state index contributed by atoms with van der Waals surface area (Å²) >= 11 is 0. The van der Waals surface area contributed by atoms with Crippen LogP contribution in [0.3, 0.4) is 0 Å². The van der Waals surface area contributed by atoms with Crippen molar-refractivity contribution in [1.29, 1.82) is 0 Å². The highest BCUT2D eigenvalue weighted by Crippen LogP contribution is 2.22. The number of nitrogens with two attached hydrogens (primary N) is 1. The van der Waals surface area contributed by atoms with Gasteiger partial charge in [-0.1, -0.05) is 38.1 Å². The van der Waals surface area contributed by atoms with Gasteiger partial charge in [-0.15, -0.1) is 0 Å². The van der Waals surface area contributed by atoms with E-state index in [0.29, 0.717) is 12.5 Å². The second-order valence-corrected chi connectivity index (χ2v) is 7.50. The summed E-state index contributed by atoms with van der Waals surface area (Å²) in [6.07, 6.45) is 6.78. The van der Waals surface area contributed by atoms with E-state index in [0.717, 1.165) is 37.3 Å². The first-order valence-corrected chi connectivity index (χ1v) is 9.68. The van der Waals surface area contributed by atoms with Crippen LogP contribution in [0.25, 0.3) is 0 Å². The van der Waals surface area contributed by atoms with Crippen molar-refractivity contribution in [3.63, 3.8) is 0 Å². The van der Waals surface area contributed by atoms with Crippen molar-refractivity contribution < 1.29 is 4.79 Å². The molecule has 1 aromatic carbocycles. The molecule has 1 aromatic heterocycles. The van der Waals surface area contributed by atoms with Gasteiger partial charge < -0.3 is 16.0 Å². The summed E-state index contributed by atoms with van der Waals surface area (Å²) in [6, 6.07) is 8.17. The zero-order valence-electron chi connectivity index (χ0n) is 16.1. The molecule has 1 atom stereocenters. The van der Waals surface area contributed by atoms with E-state index in [2.05, 4.69) is 58.3 Å². The average Bonchev–Trinajstić information content (AvgIpc) is 2.72. The van der Waals surface area contributed by atoms with E-state index in [1.165, 1.54) is 5.56 Å². The van der Waals surface area contributed by atoms with Crippen molar-refractivity contribution >= 4 is 11.7 Å². The summed E-state index contributed by atoms with van der Waals surface area (Å²) in [5, 5.41) is 3.03. The molecule has 0 spiro atoms. The van der Waals surface area contributed by atoms with Gasteiger partial charge in [0.15, 0.2) is 0 Å². The molecule has 27 heavy (non-hydrogen) atoms. The molecule has 0 aliphatic carbocycles. The Kier molecular flexibility index (Phi) is 6.40. The van der Waals surface area contributed by atoms with Crippen LogP contribution in [0.4, 0.5) is 5.82 Å². The Morgan fingerprint density at radius 1 is 1.19 bits per heavy atom. The summed E-state index contributed by atoms with van der Waals surface area (Å²) in [4.78, 5) is 23.1. The van der Waals surface area contributed by atoms with Gasteiger partial charge in [-0.25, -0.2) is 4.98 Å². The summed E-state index contributed by atoms with van der Waals surface area (Å²) < 4.78 is 0.